The van der Waals surface area contributed by atoms with Gasteiger partial charge in [0.1, 0.15) is 0 Å². The number of nitrogens with zero attached hydrogens (tertiary/aromatic N) is 2. The molecule has 1 unspecified atom stereocenters. The SMILES string of the molecule is CCC(O)CNCc1cc(=O)n(C)c(=O)n1C. The quantitative estimate of drug-likeness (QED) is 0.689. The molecule has 1 atom stereocenters. The molecule has 1 aromatic heterocycles. The molecule has 0 fully saturated rings. The second-order valence-electron chi connectivity index (χ2n) is 4.07. The van der Waals surface area contributed by atoms with Gasteiger partial charge >= 0.3 is 5.69 Å². The Balaban J connectivity index is 2.79. The van der Waals surface area contributed by atoms with Crippen molar-refractivity contribution in [2.24, 2.45) is 14.1 Å². The molecule has 0 aromatic carbocycles. The third-order valence-electron chi connectivity index (χ3n) is 2.78. The fourth-order valence-electron chi connectivity index (χ4n) is 1.46. The van der Waals surface area contributed by atoms with Crippen molar-refractivity contribution in [2.75, 3.05) is 6.54 Å². The van der Waals surface area contributed by atoms with Crippen LogP contribution >= 0.6 is 0 Å². The Kier molecular flexibility index (Phi) is 4.65. The Bertz CT molecular complexity index is 490. The molecule has 0 aliphatic carbocycles. The Morgan fingerprint density at radius 1 is 1.35 bits per heavy atom. The fraction of sp³-hybridized carbons (Fsp3) is 0.636. The molecule has 6 nitrogen and oxygen atoms in total. The molecule has 0 aliphatic rings. The highest BCUT2D eigenvalue weighted by Gasteiger charge is 2.06. The summed E-state index contributed by atoms with van der Waals surface area (Å²) in [6.45, 7) is 2.72. The van der Waals surface area contributed by atoms with E-state index in [2.05, 4.69) is 5.32 Å². The third kappa shape index (κ3) is 3.28. The Morgan fingerprint density at radius 2 is 2.00 bits per heavy atom. The predicted octanol–water partition coefficient (Wildman–Crippen LogP) is -1.06. The molecule has 1 heterocycles. The fourth-order valence-corrected chi connectivity index (χ4v) is 1.46. The van der Waals surface area contributed by atoms with Gasteiger partial charge in [-0.15, -0.1) is 0 Å². The standard InChI is InChI=1S/C11H19N3O3/c1-4-9(15)7-12-6-8-5-10(16)14(3)11(17)13(8)2/h5,9,12,15H,4,6-7H2,1-3H3. The lowest BCUT2D eigenvalue weighted by Crippen LogP contribution is -2.39. The summed E-state index contributed by atoms with van der Waals surface area (Å²) in [7, 11) is 3.07. The van der Waals surface area contributed by atoms with Gasteiger partial charge in [-0.1, -0.05) is 6.92 Å². The first-order valence-corrected chi connectivity index (χ1v) is 5.62. The third-order valence-corrected chi connectivity index (χ3v) is 2.78. The summed E-state index contributed by atoms with van der Waals surface area (Å²) < 4.78 is 2.48. The molecular formula is C11H19N3O3. The van der Waals surface area contributed by atoms with Crippen LogP contribution < -0.4 is 16.6 Å². The van der Waals surface area contributed by atoms with E-state index in [9.17, 15) is 14.7 Å². The van der Waals surface area contributed by atoms with E-state index in [0.717, 1.165) is 4.57 Å². The molecule has 0 saturated carbocycles. The summed E-state index contributed by atoms with van der Waals surface area (Å²) in [6.07, 6.45) is 0.265. The van der Waals surface area contributed by atoms with Crippen molar-refractivity contribution >= 4 is 0 Å². The molecule has 2 N–H and O–H groups in total. The van der Waals surface area contributed by atoms with Crippen molar-refractivity contribution in [1.29, 1.82) is 0 Å². The number of aromatic nitrogens is 2. The van der Waals surface area contributed by atoms with Gasteiger partial charge in [-0.25, -0.2) is 4.79 Å². The smallest absolute Gasteiger partial charge is 0.330 e. The normalized spacial score (nSPS) is 12.7. The predicted molar refractivity (Wildman–Crippen MR) is 64.9 cm³/mol. The monoisotopic (exact) mass is 241 g/mol. The largest absolute Gasteiger partial charge is 0.392 e. The van der Waals surface area contributed by atoms with Gasteiger partial charge in [-0.05, 0) is 6.42 Å². The molecule has 1 rings (SSSR count). The molecule has 17 heavy (non-hydrogen) atoms. The number of nitrogens with one attached hydrogen (secondary N) is 1. The first-order chi connectivity index (χ1) is 7.97. The first kappa shape index (κ1) is 13.7. The molecule has 0 spiro atoms. The Labute approximate surface area is 99.5 Å². The zero-order valence-corrected chi connectivity index (χ0v) is 10.4. The molecule has 96 valence electrons. The number of rotatable bonds is 5. The van der Waals surface area contributed by atoms with Gasteiger partial charge in [0.05, 0.1) is 6.10 Å². The van der Waals surface area contributed by atoms with Gasteiger partial charge < -0.3 is 10.4 Å². The topological polar surface area (TPSA) is 76.3 Å². The molecule has 0 bridgehead atoms. The highest BCUT2D eigenvalue weighted by molar-refractivity contribution is 5.01. The van der Waals surface area contributed by atoms with Crippen molar-refractivity contribution < 1.29 is 5.11 Å². The first-order valence-electron chi connectivity index (χ1n) is 5.62. The van der Waals surface area contributed by atoms with Gasteiger partial charge in [0.15, 0.2) is 0 Å². The summed E-state index contributed by atoms with van der Waals surface area (Å²) >= 11 is 0. The second-order valence-corrected chi connectivity index (χ2v) is 4.07. The molecule has 0 amide bonds. The maximum Gasteiger partial charge on any atom is 0.330 e. The lowest BCUT2D eigenvalue weighted by atomic mass is 10.3. The van der Waals surface area contributed by atoms with Crippen molar-refractivity contribution in [3.63, 3.8) is 0 Å². The van der Waals surface area contributed by atoms with Crippen LogP contribution in [0.2, 0.25) is 0 Å². The summed E-state index contributed by atoms with van der Waals surface area (Å²) in [4.78, 5) is 23.1. The van der Waals surface area contributed by atoms with Gasteiger partial charge in [0, 0.05) is 38.9 Å². The van der Waals surface area contributed by atoms with Crippen LogP contribution in [0.5, 0.6) is 0 Å². The van der Waals surface area contributed by atoms with Crippen LogP contribution in [0.3, 0.4) is 0 Å². The lowest BCUT2D eigenvalue weighted by molar-refractivity contribution is 0.167. The molecule has 0 saturated heterocycles. The number of aliphatic hydroxyl groups excluding tert-OH is 1. The van der Waals surface area contributed by atoms with Gasteiger partial charge in [0.25, 0.3) is 5.56 Å². The zero-order chi connectivity index (χ0) is 13.0. The average Bonchev–Trinajstić information content (AvgIpc) is 2.32. The summed E-state index contributed by atoms with van der Waals surface area (Å²) in [5, 5.41) is 12.4. The van der Waals surface area contributed by atoms with Crippen LogP contribution in [0.15, 0.2) is 15.7 Å². The summed E-state index contributed by atoms with van der Waals surface area (Å²) in [6, 6.07) is 1.42. The van der Waals surface area contributed by atoms with E-state index in [1.54, 1.807) is 7.05 Å². The highest BCUT2D eigenvalue weighted by atomic mass is 16.3. The minimum atomic E-state index is -0.404. The Morgan fingerprint density at radius 3 is 2.59 bits per heavy atom. The van der Waals surface area contributed by atoms with E-state index in [0.29, 0.717) is 25.2 Å². The number of aliphatic hydroxyl groups is 1. The lowest BCUT2D eigenvalue weighted by Gasteiger charge is -2.12. The van der Waals surface area contributed by atoms with Gasteiger partial charge in [-0.3, -0.25) is 13.9 Å². The minimum absolute atomic E-state index is 0.319. The maximum atomic E-state index is 11.6. The van der Waals surface area contributed by atoms with Gasteiger partial charge in [-0.2, -0.15) is 0 Å². The van der Waals surface area contributed by atoms with Gasteiger partial charge in [0.2, 0.25) is 0 Å². The number of hydrogen-bond donors (Lipinski definition) is 2. The maximum absolute atomic E-state index is 11.6. The summed E-state index contributed by atoms with van der Waals surface area (Å²) in [5.74, 6) is 0. The molecule has 1 aromatic rings. The van der Waals surface area contributed by atoms with Crippen LogP contribution in [-0.4, -0.2) is 26.9 Å². The van der Waals surface area contributed by atoms with E-state index >= 15 is 0 Å². The van der Waals surface area contributed by atoms with E-state index in [-0.39, 0.29) is 11.2 Å². The van der Waals surface area contributed by atoms with Crippen molar-refractivity contribution in [1.82, 2.24) is 14.5 Å². The zero-order valence-electron chi connectivity index (χ0n) is 10.4. The van der Waals surface area contributed by atoms with Crippen LogP contribution in [-0.2, 0) is 20.6 Å². The van der Waals surface area contributed by atoms with Crippen LogP contribution in [0.4, 0.5) is 0 Å². The Hall–Kier alpha value is -1.40. The van der Waals surface area contributed by atoms with Crippen LogP contribution in [0.25, 0.3) is 0 Å². The van der Waals surface area contributed by atoms with E-state index in [4.69, 9.17) is 0 Å². The van der Waals surface area contributed by atoms with Crippen LogP contribution in [0, 0.1) is 0 Å². The number of hydrogen-bond acceptors (Lipinski definition) is 4. The van der Waals surface area contributed by atoms with Crippen LogP contribution in [0.1, 0.15) is 19.0 Å². The van der Waals surface area contributed by atoms with E-state index in [1.165, 1.54) is 17.7 Å². The molecule has 0 aliphatic heterocycles. The minimum Gasteiger partial charge on any atom is -0.392 e. The molecule has 6 heteroatoms. The second kappa shape index (κ2) is 5.79. The summed E-state index contributed by atoms with van der Waals surface area (Å²) in [5.41, 5.74) is -0.0484. The average molecular weight is 241 g/mol. The van der Waals surface area contributed by atoms with E-state index in [1.807, 2.05) is 6.92 Å². The highest BCUT2D eigenvalue weighted by Crippen LogP contribution is 1.92. The molecule has 0 radical (unpaired) electrons. The van der Waals surface area contributed by atoms with Crippen molar-refractivity contribution in [2.45, 2.75) is 26.0 Å². The van der Waals surface area contributed by atoms with Crippen molar-refractivity contribution in [3.8, 4) is 0 Å². The molecular weight excluding hydrogens is 222 g/mol. The van der Waals surface area contributed by atoms with E-state index < -0.39 is 6.10 Å². The van der Waals surface area contributed by atoms with Crippen molar-refractivity contribution in [3.05, 3.63) is 32.6 Å².